The molecule has 0 saturated carbocycles. The fourth-order valence-electron chi connectivity index (χ4n) is 3.29. The topological polar surface area (TPSA) is 53.6 Å². The molecule has 7 heteroatoms. The number of nitrogens with zero attached hydrogens (tertiary/aromatic N) is 1. The van der Waals surface area contributed by atoms with E-state index in [1.165, 1.54) is 19.5 Å². The van der Waals surface area contributed by atoms with Crippen LogP contribution in [0.2, 0.25) is 0 Å². The van der Waals surface area contributed by atoms with E-state index < -0.39 is 0 Å². The summed E-state index contributed by atoms with van der Waals surface area (Å²) in [6.07, 6.45) is 3.28. The number of carbonyl (C=O) groups is 1. The van der Waals surface area contributed by atoms with E-state index in [2.05, 4.69) is 22.5 Å². The number of nitrogens with one attached hydrogen (secondary N) is 2. The zero-order valence-corrected chi connectivity index (χ0v) is 16.3. The highest BCUT2D eigenvalue weighted by molar-refractivity contribution is 5.95. The molecular formula is C18H29Cl2N3O2. The minimum absolute atomic E-state index is 0. The van der Waals surface area contributed by atoms with E-state index >= 15 is 0 Å². The van der Waals surface area contributed by atoms with Crippen LogP contribution < -0.4 is 15.4 Å². The lowest BCUT2D eigenvalue weighted by molar-refractivity contribution is -0.117. The average molecular weight is 390 g/mol. The Morgan fingerprint density at radius 1 is 1.28 bits per heavy atom. The summed E-state index contributed by atoms with van der Waals surface area (Å²) in [5, 5.41) is 6.16. The average Bonchev–Trinajstić information content (AvgIpc) is 3.21. The molecule has 1 aromatic rings. The third-order valence-corrected chi connectivity index (χ3v) is 4.68. The van der Waals surface area contributed by atoms with Gasteiger partial charge in [0.15, 0.2) is 0 Å². The van der Waals surface area contributed by atoms with Crippen LogP contribution in [0.4, 0.5) is 5.69 Å². The van der Waals surface area contributed by atoms with Gasteiger partial charge in [0.25, 0.3) is 0 Å². The number of anilines is 1. The van der Waals surface area contributed by atoms with Crippen LogP contribution in [0.15, 0.2) is 24.3 Å². The molecule has 142 valence electrons. The first-order valence-corrected chi connectivity index (χ1v) is 8.70. The largest absolute Gasteiger partial charge is 0.492 e. The maximum Gasteiger partial charge on any atom is 0.241 e. The van der Waals surface area contributed by atoms with E-state index in [-0.39, 0.29) is 36.8 Å². The van der Waals surface area contributed by atoms with Crippen molar-refractivity contribution in [2.45, 2.75) is 32.2 Å². The standard InChI is InChI=1S/C18H27N3O2.2ClH/c1-14-8-10-21(13-14)11-12-23-16-6-4-15(5-7-16)20-18(22)17-3-2-9-19-17;;/h4-7,14,17,19H,2-3,8-13H2,1H3,(H,20,22);2*1H. The fraction of sp³-hybridized carbons (Fsp3) is 0.611. The second-order valence-electron chi connectivity index (χ2n) is 6.71. The van der Waals surface area contributed by atoms with Crippen molar-refractivity contribution < 1.29 is 9.53 Å². The number of benzene rings is 1. The molecule has 0 radical (unpaired) electrons. The lowest BCUT2D eigenvalue weighted by atomic mass is 10.2. The molecule has 2 aliphatic rings. The van der Waals surface area contributed by atoms with Crippen LogP contribution in [0, 0.1) is 5.92 Å². The number of amides is 1. The molecule has 0 bridgehead atoms. The van der Waals surface area contributed by atoms with Gasteiger partial charge in [-0.2, -0.15) is 0 Å². The lowest BCUT2D eigenvalue weighted by Crippen LogP contribution is -2.35. The van der Waals surface area contributed by atoms with Gasteiger partial charge in [-0.3, -0.25) is 9.69 Å². The summed E-state index contributed by atoms with van der Waals surface area (Å²) in [7, 11) is 0. The highest BCUT2D eigenvalue weighted by atomic mass is 35.5. The molecule has 3 rings (SSSR count). The van der Waals surface area contributed by atoms with Crippen molar-refractivity contribution in [2.75, 3.05) is 38.1 Å². The van der Waals surface area contributed by atoms with Gasteiger partial charge in [0.05, 0.1) is 6.04 Å². The molecule has 1 amide bonds. The monoisotopic (exact) mass is 389 g/mol. The zero-order valence-electron chi connectivity index (χ0n) is 14.7. The number of ether oxygens (including phenoxy) is 1. The van der Waals surface area contributed by atoms with Crippen molar-refractivity contribution in [3.8, 4) is 5.75 Å². The molecule has 0 spiro atoms. The van der Waals surface area contributed by atoms with Gasteiger partial charge in [-0.05, 0) is 62.5 Å². The van der Waals surface area contributed by atoms with E-state index in [1.807, 2.05) is 24.3 Å². The summed E-state index contributed by atoms with van der Waals surface area (Å²) >= 11 is 0. The van der Waals surface area contributed by atoms with Crippen molar-refractivity contribution in [1.82, 2.24) is 10.2 Å². The molecule has 25 heavy (non-hydrogen) atoms. The minimum atomic E-state index is -0.0474. The van der Waals surface area contributed by atoms with Crippen LogP contribution >= 0.6 is 24.8 Å². The quantitative estimate of drug-likeness (QED) is 0.784. The van der Waals surface area contributed by atoms with Crippen molar-refractivity contribution in [3.05, 3.63) is 24.3 Å². The zero-order chi connectivity index (χ0) is 16.1. The SMILES string of the molecule is CC1CCN(CCOc2ccc(NC(=O)C3CCCN3)cc2)C1.Cl.Cl. The summed E-state index contributed by atoms with van der Waals surface area (Å²) in [4.78, 5) is 14.5. The van der Waals surface area contributed by atoms with Crippen LogP contribution in [-0.4, -0.2) is 49.6 Å². The highest BCUT2D eigenvalue weighted by Crippen LogP contribution is 2.18. The third-order valence-electron chi connectivity index (χ3n) is 4.68. The molecule has 2 heterocycles. The van der Waals surface area contributed by atoms with Crippen LogP contribution in [0.5, 0.6) is 5.75 Å². The van der Waals surface area contributed by atoms with Crippen molar-refractivity contribution >= 4 is 36.4 Å². The van der Waals surface area contributed by atoms with Gasteiger partial charge in [-0.15, -0.1) is 24.8 Å². The maximum absolute atomic E-state index is 12.0. The highest BCUT2D eigenvalue weighted by Gasteiger charge is 2.21. The molecule has 2 N–H and O–H groups in total. The third kappa shape index (κ3) is 6.66. The number of rotatable bonds is 6. The van der Waals surface area contributed by atoms with Crippen molar-refractivity contribution in [3.63, 3.8) is 0 Å². The molecule has 0 aliphatic carbocycles. The van der Waals surface area contributed by atoms with Gasteiger partial charge in [0.1, 0.15) is 12.4 Å². The Hall–Kier alpha value is -1.01. The number of likely N-dealkylation sites (tertiary alicyclic amines) is 1. The molecule has 0 aromatic heterocycles. The molecular weight excluding hydrogens is 361 g/mol. The number of hydrogen-bond acceptors (Lipinski definition) is 4. The second kappa shape index (κ2) is 10.9. The van der Waals surface area contributed by atoms with Gasteiger partial charge < -0.3 is 15.4 Å². The molecule has 2 aliphatic heterocycles. The smallest absolute Gasteiger partial charge is 0.241 e. The Labute approximate surface area is 162 Å². The van der Waals surface area contributed by atoms with Gasteiger partial charge in [-0.25, -0.2) is 0 Å². The first kappa shape index (κ1) is 22.0. The Balaban J connectivity index is 0.00000156. The number of halogens is 2. The molecule has 2 unspecified atom stereocenters. The minimum Gasteiger partial charge on any atom is -0.492 e. The molecule has 2 fully saturated rings. The van der Waals surface area contributed by atoms with Gasteiger partial charge in [0, 0.05) is 18.8 Å². The lowest BCUT2D eigenvalue weighted by Gasteiger charge is -2.16. The predicted molar refractivity (Wildman–Crippen MR) is 106 cm³/mol. The van der Waals surface area contributed by atoms with Gasteiger partial charge in [0.2, 0.25) is 5.91 Å². The fourth-order valence-corrected chi connectivity index (χ4v) is 3.29. The first-order chi connectivity index (χ1) is 11.2. The van der Waals surface area contributed by atoms with Crippen LogP contribution in [0.25, 0.3) is 0 Å². The maximum atomic E-state index is 12.0. The summed E-state index contributed by atoms with van der Waals surface area (Å²) < 4.78 is 5.80. The Kier molecular flexibility index (Phi) is 9.57. The first-order valence-electron chi connectivity index (χ1n) is 8.70. The van der Waals surface area contributed by atoms with Crippen LogP contribution in [0.3, 0.4) is 0 Å². The Morgan fingerprint density at radius 3 is 2.64 bits per heavy atom. The van der Waals surface area contributed by atoms with E-state index in [9.17, 15) is 4.79 Å². The van der Waals surface area contributed by atoms with E-state index in [0.29, 0.717) is 6.61 Å². The predicted octanol–water partition coefficient (Wildman–Crippen LogP) is 2.94. The van der Waals surface area contributed by atoms with Crippen LogP contribution in [-0.2, 0) is 4.79 Å². The van der Waals surface area contributed by atoms with Crippen molar-refractivity contribution in [1.29, 1.82) is 0 Å². The normalized spacial score (nSPS) is 22.8. The second-order valence-corrected chi connectivity index (χ2v) is 6.71. The number of hydrogen-bond donors (Lipinski definition) is 2. The molecule has 1 aromatic carbocycles. The van der Waals surface area contributed by atoms with Crippen LogP contribution in [0.1, 0.15) is 26.2 Å². The summed E-state index contributed by atoms with van der Waals surface area (Å²) in [5.74, 6) is 1.72. The Bertz CT molecular complexity index is 522. The molecule has 2 saturated heterocycles. The summed E-state index contributed by atoms with van der Waals surface area (Å²) in [6.45, 7) is 7.30. The summed E-state index contributed by atoms with van der Waals surface area (Å²) in [5.41, 5.74) is 0.824. The van der Waals surface area contributed by atoms with Gasteiger partial charge >= 0.3 is 0 Å². The van der Waals surface area contributed by atoms with E-state index in [1.54, 1.807) is 0 Å². The van der Waals surface area contributed by atoms with Crippen molar-refractivity contribution in [2.24, 2.45) is 5.92 Å². The van der Waals surface area contributed by atoms with E-state index in [0.717, 1.165) is 43.3 Å². The molecule has 2 atom stereocenters. The van der Waals surface area contributed by atoms with Gasteiger partial charge in [-0.1, -0.05) is 6.92 Å². The molecule has 5 nitrogen and oxygen atoms in total. The number of carbonyl (C=O) groups excluding carboxylic acids is 1. The summed E-state index contributed by atoms with van der Waals surface area (Å²) in [6, 6.07) is 7.60. The Morgan fingerprint density at radius 2 is 2.04 bits per heavy atom. The van der Waals surface area contributed by atoms with E-state index in [4.69, 9.17) is 4.74 Å².